The highest BCUT2D eigenvalue weighted by molar-refractivity contribution is 5.97. The van der Waals surface area contributed by atoms with E-state index in [4.69, 9.17) is 4.74 Å². The number of fused-ring (bicyclic) bond motifs is 2. The van der Waals surface area contributed by atoms with Gasteiger partial charge in [0.05, 0.1) is 30.8 Å². The fourth-order valence-corrected chi connectivity index (χ4v) is 5.03. The zero-order chi connectivity index (χ0) is 26.3. The van der Waals surface area contributed by atoms with Crippen molar-refractivity contribution < 1.29 is 13.9 Å². The lowest BCUT2D eigenvalue weighted by molar-refractivity contribution is 0.0564. The number of urea groups is 1. The van der Waals surface area contributed by atoms with E-state index in [0.29, 0.717) is 43.0 Å². The normalized spacial score (nSPS) is 14.5. The summed E-state index contributed by atoms with van der Waals surface area (Å²) < 4.78 is 19.9. The highest BCUT2D eigenvalue weighted by Gasteiger charge is 2.19. The third kappa shape index (κ3) is 4.22. The van der Waals surface area contributed by atoms with Gasteiger partial charge < -0.3 is 19.9 Å². The van der Waals surface area contributed by atoms with Crippen LogP contribution in [0.3, 0.4) is 0 Å². The van der Waals surface area contributed by atoms with Crippen LogP contribution in [0.1, 0.15) is 5.69 Å². The van der Waals surface area contributed by atoms with E-state index < -0.39 is 0 Å². The van der Waals surface area contributed by atoms with Gasteiger partial charge in [-0.2, -0.15) is 0 Å². The van der Waals surface area contributed by atoms with Crippen LogP contribution in [0.5, 0.6) is 0 Å². The van der Waals surface area contributed by atoms with Crippen LogP contribution in [0, 0.1) is 5.82 Å². The first kappa shape index (κ1) is 23.2. The summed E-state index contributed by atoms with van der Waals surface area (Å²) in [5.74, 6) is -0.259. The molecule has 0 atom stereocenters. The van der Waals surface area contributed by atoms with Crippen molar-refractivity contribution in [3.8, 4) is 22.3 Å². The minimum atomic E-state index is -0.259. The molecule has 192 valence electrons. The first-order chi connectivity index (χ1) is 19.1. The number of morpholine rings is 1. The lowest BCUT2D eigenvalue weighted by Gasteiger charge is -2.26. The van der Waals surface area contributed by atoms with Crippen LogP contribution in [0.25, 0.3) is 38.9 Å². The average Bonchev–Trinajstić information content (AvgIpc) is 3.38. The number of halogens is 1. The Morgan fingerprint density at radius 3 is 2.64 bits per heavy atom. The SMILES string of the molecule is O=C(Nc1cncc(-c2cnc3c(c2)=C(c2cc4c(-c5ccccc5F)cccc4[nH]2)N=3)c1)N1CCOCC1. The number of carbonyl (C=O) groups excluding carboxylic acids is 1. The maximum Gasteiger partial charge on any atom is 0.322 e. The summed E-state index contributed by atoms with van der Waals surface area (Å²) in [4.78, 5) is 31.2. The van der Waals surface area contributed by atoms with Crippen LogP contribution in [0.15, 0.2) is 84.2 Å². The van der Waals surface area contributed by atoms with Crippen molar-refractivity contribution in [3.05, 3.63) is 101 Å². The van der Waals surface area contributed by atoms with Crippen molar-refractivity contribution in [1.29, 1.82) is 0 Å². The minimum Gasteiger partial charge on any atom is -0.378 e. The molecule has 2 aliphatic heterocycles. The smallest absolute Gasteiger partial charge is 0.322 e. The summed E-state index contributed by atoms with van der Waals surface area (Å²) in [6.45, 7) is 2.20. The molecule has 1 fully saturated rings. The predicted molar refractivity (Wildman–Crippen MR) is 146 cm³/mol. The Kier molecular flexibility index (Phi) is 5.63. The third-order valence-corrected chi connectivity index (χ3v) is 7.04. The second-order valence-corrected chi connectivity index (χ2v) is 9.48. The van der Waals surface area contributed by atoms with E-state index in [1.165, 1.54) is 6.07 Å². The number of amides is 2. The van der Waals surface area contributed by atoms with Gasteiger partial charge in [0, 0.05) is 58.3 Å². The molecule has 39 heavy (non-hydrogen) atoms. The van der Waals surface area contributed by atoms with E-state index in [-0.39, 0.29) is 11.8 Å². The molecule has 7 rings (SSSR count). The topological polar surface area (TPSA) is 95.5 Å². The van der Waals surface area contributed by atoms with Gasteiger partial charge in [-0.25, -0.2) is 19.2 Å². The van der Waals surface area contributed by atoms with Gasteiger partial charge in [0.25, 0.3) is 0 Å². The van der Waals surface area contributed by atoms with Gasteiger partial charge in [-0.15, -0.1) is 0 Å². The van der Waals surface area contributed by atoms with Gasteiger partial charge in [0.2, 0.25) is 0 Å². The zero-order valence-electron chi connectivity index (χ0n) is 20.8. The Balaban J connectivity index is 1.22. The fraction of sp³-hybridized carbons (Fsp3) is 0.133. The van der Waals surface area contributed by atoms with E-state index in [1.54, 1.807) is 35.6 Å². The van der Waals surface area contributed by atoms with E-state index in [0.717, 1.165) is 44.2 Å². The van der Waals surface area contributed by atoms with E-state index in [1.807, 2.05) is 42.5 Å². The number of benzene rings is 2. The summed E-state index contributed by atoms with van der Waals surface area (Å²) in [7, 11) is 0. The largest absolute Gasteiger partial charge is 0.378 e. The Labute approximate surface area is 222 Å². The van der Waals surface area contributed by atoms with Crippen molar-refractivity contribution in [1.82, 2.24) is 19.9 Å². The van der Waals surface area contributed by atoms with Gasteiger partial charge in [-0.1, -0.05) is 30.3 Å². The van der Waals surface area contributed by atoms with Gasteiger partial charge in [-0.3, -0.25) is 4.98 Å². The second-order valence-electron chi connectivity index (χ2n) is 9.48. The minimum absolute atomic E-state index is 0.171. The number of hydrogen-bond acceptors (Lipinski definition) is 5. The summed E-state index contributed by atoms with van der Waals surface area (Å²) in [5, 5.41) is 4.76. The van der Waals surface area contributed by atoms with Crippen molar-refractivity contribution in [2.75, 3.05) is 31.6 Å². The van der Waals surface area contributed by atoms with Crippen LogP contribution in [0.2, 0.25) is 0 Å². The molecule has 1 saturated heterocycles. The van der Waals surface area contributed by atoms with Crippen molar-refractivity contribution in [2.24, 2.45) is 4.99 Å². The molecule has 2 amide bonds. The molecule has 2 aromatic carbocycles. The van der Waals surface area contributed by atoms with Gasteiger partial charge in [0.1, 0.15) is 11.5 Å². The molecule has 0 bridgehead atoms. The van der Waals surface area contributed by atoms with Crippen LogP contribution in [0.4, 0.5) is 14.9 Å². The predicted octanol–water partition coefficient (Wildman–Crippen LogP) is 4.08. The molecule has 3 aromatic heterocycles. The number of hydrogen-bond donors (Lipinski definition) is 2. The number of aromatic amines is 1. The first-order valence-electron chi connectivity index (χ1n) is 12.7. The number of H-pyrrole nitrogens is 1. The molecule has 2 aliphatic rings. The molecule has 0 unspecified atom stereocenters. The number of ether oxygens (including phenoxy) is 1. The second kappa shape index (κ2) is 9.45. The first-order valence-corrected chi connectivity index (χ1v) is 12.7. The van der Waals surface area contributed by atoms with Crippen molar-refractivity contribution in [2.45, 2.75) is 0 Å². The molecule has 0 aliphatic carbocycles. The Bertz CT molecular complexity index is 1880. The summed E-state index contributed by atoms with van der Waals surface area (Å²) >= 11 is 0. The number of rotatable bonds is 4. The summed E-state index contributed by atoms with van der Waals surface area (Å²) in [5.41, 5.74) is 6.87. The molecular formula is C30H23FN6O2. The quantitative estimate of drug-likeness (QED) is 0.375. The molecule has 5 heterocycles. The number of nitrogens with one attached hydrogen (secondary N) is 2. The molecule has 0 radical (unpaired) electrons. The molecule has 5 aromatic rings. The number of nitrogens with zero attached hydrogens (tertiary/aromatic N) is 4. The standard InChI is InChI=1S/C30H23FN6O2/c31-25-6-2-1-4-22(25)21-5-3-7-26-23(21)14-27(35-26)28-24-13-19(16-33-29(24)36-28)18-12-20(17-32-15-18)34-30(38)37-8-10-39-11-9-37/h1-7,12-17,35H,8-11H2,(H,34,38). The van der Waals surface area contributed by atoms with Crippen LogP contribution < -0.4 is 16.0 Å². The third-order valence-electron chi connectivity index (χ3n) is 7.04. The zero-order valence-corrected chi connectivity index (χ0v) is 20.8. The van der Waals surface area contributed by atoms with Crippen molar-refractivity contribution >= 4 is 28.3 Å². The lowest BCUT2D eigenvalue weighted by atomic mass is 10.0. The lowest BCUT2D eigenvalue weighted by Crippen LogP contribution is -2.43. The van der Waals surface area contributed by atoms with E-state index >= 15 is 0 Å². The van der Waals surface area contributed by atoms with Crippen LogP contribution >= 0.6 is 0 Å². The number of carbonyl (C=O) groups is 1. The van der Waals surface area contributed by atoms with Gasteiger partial charge in [-0.05, 0) is 35.9 Å². The number of anilines is 1. The Morgan fingerprint density at radius 2 is 1.77 bits per heavy atom. The van der Waals surface area contributed by atoms with Crippen LogP contribution in [-0.4, -0.2) is 52.2 Å². The van der Waals surface area contributed by atoms with E-state index in [2.05, 4.69) is 25.3 Å². The molecule has 0 saturated carbocycles. The van der Waals surface area contributed by atoms with Crippen LogP contribution in [-0.2, 0) is 4.74 Å². The Hall–Kier alpha value is -4.89. The number of pyridine rings is 2. The molecule has 8 nitrogen and oxygen atoms in total. The summed E-state index contributed by atoms with van der Waals surface area (Å²) in [6.07, 6.45) is 5.12. The molecule has 0 spiro atoms. The van der Waals surface area contributed by atoms with Gasteiger partial charge >= 0.3 is 6.03 Å². The highest BCUT2D eigenvalue weighted by Crippen LogP contribution is 2.32. The fourth-order valence-electron chi connectivity index (χ4n) is 5.03. The van der Waals surface area contributed by atoms with Gasteiger partial charge in [0.15, 0.2) is 5.49 Å². The molecule has 9 heteroatoms. The monoisotopic (exact) mass is 518 g/mol. The average molecular weight is 519 g/mol. The highest BCUT2D eigenvalue weighted by atomic mass is 19.1. The Morgan fingerprint density at radius 1 is 0.949 bits per heavy atom. The maximum absolute atomic E-state index is 14.6. The molecule has 2 N–H and O–H groups in total. The maximum atomic E-state index is 14.6. The number of aromatic nitrogens is 3. The molecular weight excluding hydrogens is 495 g/mol. The van der Waals surface area contributed by atoms with Crippen molar-refractivity contribution in [3.63, 3.8) is 0 Å². The summed E-state index contributed by atoms with van der Waals surface area (Å²) in [6, 6.07) is 18.3. The van der Waals surface area contributed by atoms with E-state index in [9.17, 15) is 9.18 Å².